The Morgan fingerprint density at radius 1 is 1.47 bits per heavy atom. The maximum absolute atomic E-state index is 4.00. The molecular weight excluding hydrogens is 208 g/mol. The molecule has 1 heterocycles. The van der Waals surface area contributed by atoms with Crippen molar-refractivity contribution in [2.24, 2.45) is 5.92 Å². The predicted molar refractivity (Wildman–Crippen MR) is 63.9 cm³/mol. The van der Waals surface area contributed by atoms with Gasteiger partial charge in [-0.05, 0) is 31.5 Å². The lowest BCUT2D eigenvalue weighted by Crippen LogP contribution is -2.41. The van der Waals surface area contributed by atoms with Gasteiger partial charge in [-0.3, -0.25) is 0 Å². The fourth-order valence-corrected chi connectivity index (χ4v) is 2.07. The van der Waals surface area contributed by atoms with Crippen molar-refractivity contribution in [3.63, 3.8) is 0 Å². The Balaban J connectivity index is 2.28. The molecule has 0 fully saturated rings. The monoisotopic (exact) mass is 228 g/mol. The molecule has 0 saturated heterocycles. The van der Waals surface area contributed by atoms with Crippen LogP contribution >= 0.6 is 11.5 Å². The molecule has 1 unspecified atom stereocenters. The van der Waals surface area contributed by atoms with Crippen LogP contribution in [0.4, 0.5) is 0 Å². The number of likely N-dealkylation sites (N-methyl/N-ethyl adjacent to an activating group) is 1. The first kappa shape index (κ1) is 12.5. The molecule has 0 saturated carbocycles. The lowest BCUT2D eigenvalue weighted by atomic mass is 10.0. The normalized spacial score (nSPS) is 13.7. The van der Waals surface area contributed by atoms with Crippen molar-refractivity contribution < 1.29 is 0 Å². The van der Waals surface area contributed by atoms with Crippen molar-refractivity contribution in [1.29, 1.82) is 0 Å². The highest BCUT2D eigenvalue weighted by Crippen LogP contribution is 2.06. The number of rotatable bonds is 6. The molecule has 0 amide bonds. The smallest absolute Gasteiger partial charge is 0.0893 e. The summed E-state index contributed by atoms with van der Waals surface area (Å²) >= 11 is 1.40. The van der Waals surface area contributed by atoms with Gasteiger partial charge in [0.05, 0.1) is 5.69 Å². The van der Waals surface area contributed by atoms with Gasteiger partial charge in [0.1, 0.15) is 0 Å². The van der Waals surface area contributed by atoms with Gasteiger partial charge < -0.3 is 10.2 Å². The Kier molecular flexibility index (Phi) is 5.14. The zero-order valence-electron chi connectivity index (χ0n) is 9.90. The average molecular weight is 228 g/mol. The molecule has 0 aliphatic rings. The van der Waals surface area contributed by atoms with Gasteiger partial charge in [-0.15, -0.1) is 5.10 Å². The first-order chi connectivity index (χ1) is 7.11. The zero-order chi connectivity index (χ0) is 11.3. The summed E-state index contributed by atoms with van der Waals surface area (Å²) in [6.45, 7) is 6.29. The Morgan fingerprint density at radius 2 is 2.20 bits per heavy atom. The molecule has 86 valence electrons. The predicted octanol–water partition coefficient (Wildman–Crippen LogP) is 1.21. The zero-order valence-corrected chi connectivity index (χ0v) is 10.7. The third-order valence-corrected chi connectivity index (χ3v) is 3.05. The Hall–Kier alpha value is -0.520. The molecule has 1 atom stereocenters. The van der Waals surface area contributed by atoms with Crippen LogP contribution in [0.2, 0.25) is 0 Å². The summed E-state index contributed by atoms with van der Waals surface area (Å²) in [5.74, 6) is 0.654. The molecule has 1 rings (SSSR count). The van der Waals surface area contributed by atoms with Gasteiger partial charge in [-0.25, -0.2) is 0 Å². The maximum atomic E-state index is 4.00. The van der Waals surface area contributed by atoms with Crippen molar-refractivity contribution in [2.75, 3.05) is 20.6 Å². The van der Waals surface area contributed by atoms with Crippen LogP contribution in [0.3, 0.4) is 0 Å². The van der Waals surface area contributed by atoms with E-state index in [0.717, 1.165) is 18.8 Å². The molecule has 0 aliphatic heterocycles. The van der Waals surface area contributed by atoms with Crippen LogP contribution in [-0.4, -0.2) is 41.2 Å². The summed E-state index contributed by atoms with van der Waals surface area (Å²) in [5.41, 5.74) is 1.03. The Labute approximate surface area is 95.8 Å². The molecule has 5 heteroatoms. The molecule has 4 nitrogen and oxygen atoms in total. The van der Waals surface area contributed by atoms with E-state index in [4.69, 9.17) is 0 Å². The largest absolute Gasteiger partial charge is 0.310 e. The maximum Gasteiger partial charge on any atom is 0.0893 e. The fourth-order valence-electron chi connectivity index (χ4n) is 1.62. The van der Waals surface area contributed by atoms with E-state index in [2.05, 4.69) is 47.7 Å². The molecular formula is C10H20N4S. The van der Waals surface area contributed by atoms with E-state index in [0.29, 0.717) is 12.0 Å². The molecule has 1 aromatic rings. The van der Waals surface area contributed by atoms with Gasteiger partial charge in [-0.2, -0.15) is 0 Å². The highest BCUT2D eigenvalue weighted by atomic mass is 32.1. The van der Waals surface area contributed by atoms with Crippen LogP contribution < -0.4 is 5.32 Å². The third-order valence-electron chi connectivity index (χ3n) is 2.50. The standard InChI is InChI=1S/C10H20N4S/c1-8(2)10(14(3)4)6-11-5-9-7-15-13-12-9/h7-8,10-11H,5-6H2,1-4H3. The highest BCUT2D eigenvalue weighted by Gasteiger charge is 2.14. The lowest BCUT2D eigenvalue weighted by molar-refractivity contribution is 0.224. The molecule has 1 aromatic heterocycles. The van der Waals surface area contributed by atoms with Gasteiger partial charge in [-0.1, -0.05) is 18.3 Å². The second-order valence-corrected chi connectivity index (χ2v) is 4.91. The van der Waals surface area contributed by atoms with Crippen LogP contribution in [0, 0.1) is 5.92 Å². The van der Waals surface area contributed by atoms with E-state index in [-0.39, 0.29) is 0 Å². The fraction of sp³-hybridized carbons (Fsp3) is 0.800. The van der Waals surface area contributed by atoms with E-state index in [1.165, 1.54) is 11.5 Å². The highest BCUT2D eigenvalue weighted by molar-refractivity contribution is 7.03. The van der Waals surface area contributed by atoms with E-state index < -0.39 is 0 Å². The summed E-state index contributed by atoms with van der Waals surface area (Å²) in [5, 5.41) is 9.39. The van der Waals surface area contributed by atoms with Crippen molar-refractivity contribution in [1.82, 2.24) is 19.8 Å². The van der Waals surface area contributed by atoms with Crippen LogP contribution in [0.1, 0.15) is 19.5 Å². The summed E-state index contributed by atoms with van der Waals surface area (Å²) in [6.07, 6.45) is 0. The average Bonchev–Trinajstić information content (AvgIpc) is 2.63. The quantitative estimate of drug-likeness (QED) is 0.795. The second kappa shape index (κ2) is 6.15. The number of aromatic nitrogens is 2. The van der Waals surface area contributed by atoms with Crippen molar-refractivity contribution >= 4 is 11.5 Å². The van der Waals surface area contributed by atoms with Crippen molar-refractivity contribution in [3.8, 4) is 0 Å². The van der Waals surface area contributed by atoms with Gasteiger partial charge in [0, 0.05) is 24.5 Å². The first-order valence-electron chi connectivity index (χ1n) is 5.24. The van der Waals surface area contributed by atoms with Crippen molar-refractivity contribution in [3.05, 3.63) is 11.1 Å². The summed E-state index contributed by atoms with van der Waals surface area (Å²) in [7, 11) is 4.24. The molecule has 0 spiro atoms. The molecule has 0 aliphatic carbocycles. The number of nitrogens with zero attached hydrogens (tertiary/aromatic N) is 3. The first-order valence-corrected chi connectivity index (χ1v) is 6.08. The molecule has 0 radical (unpaired) electrons. The minimum absolute atomic E-state index is 0.566. The van der Waals surface area contributed by atoms with Gasteiger partial charge in [0.25, 0.3) is 0 Å². The lowest BCUT2D eigenvalue weighted by Gasteiger charge is -2.28. The minimum Gasteiger partial charge on any atom is -0.310 e. The number of nitrogens with one attached hydrogen (secondary N) is 1. The molecule has 0 aromatic carbocycles. The summed E-state index contributed by atoms with van der Waals surface area (Å²) < 4.78 is 3.83. The summed E-state index contributed by atoms with van der Waals surface area (Å²) in [4.78, 5) is 2.26. The van der Waals surface area contributed by atoms with Crippen LogP contribution in [0.15, 0.2) is 5.38 Å². The summed E-state index contributed by atoms with van der Waals surface area (Å²) in [6, 6.07) is 0.566. The molecule has 15 heavy (non-hydrogen) atoms. The van der Waals surface area contributed by atoms with Gasteiger partial charge in [0.2, 0.25) is 0 Å². The van der Waals surface area contributed by atoms with E-state index in [9.17, 15) is 0 Å². The van der Waals surface area contributed by atoms with Gasteiger partial charge >= 0.3 is 0 Å². The van der Waals surface area contributed by atoms with E-state index >= 15 is 0 Å². The minimum atomic E-state index is 0.566. The Bertz CT molecular complexity index is 250. The molecule has 0 bridgehead atoms. The van der Waals surface area contributed by atoms with E-state index in [1.54, 1.807) is 0 Å². The van der Waals surface area contributed by atoms with Crippen LogP contribution in [-0.2, 0) is 6.54 Å². The topological polar surface area (TPSA) is 41.1 Å². The SMILES string of the molecule is CC(C)C(CNCc1csnn1)N(C)C. The van der Waals surface area contributed by atoms with Crippen LogP contribution in [0.5, 0.6) is 0 Å². The van der Waals surface area contributed by atoms with E-state index in [1.807, 2.05) is 5.38 Å². The number of hydrogen-bond donors (Lipinski definition) is 1. The second-order valence-electron chi connectivity index (χ2n) is 4.30. The van der Waals surface area contributed by atoms with Gasteiger partial charge in [0.15, 0.2) is 0 Å². The van der Waals surface area contributed by atoms with Crippen LogP contribution in [0.25, 0.3) is 0 Å². The van der Waals surface area contributed by atoms with Crippen molar-refractivity contribution in [2.45, 2.75) is 26.4 Å². The molecule has 1 N–H and O–H groups in total. The Morgan fingerprint density at radius 3 is 2.67 bits per heavy atom. The number of hydrogen-bond acceptors (Lipinski definition) is 5. The third kappa shape index (κ3) is 4.24.